The molecule has 0 N–H and O–H groups in total. The van der Waals surface area contributed by atoms with E-state index in [-0.39, 0.29) is 37.4 Å². The Labute approximate surface area is 272 Å². The van der Waals surface area contributed by atoms with Gasteiger partial charge < -0.3 is 42.6 Å². The summed E-state index contributed by atoms with van der Waals surface area (Å²) in [5, 5.41) is 3.73. The summed E-state index contributed by atoms with van der Waals surface area (Å²) < 4.78 is 48.9. The van der Waals surface area contributed by atoms with Gasteiger partial charge in [0.1, 0.15) is 50.1 Å². The van der Waals surface area contributed by atoms with E-state index in [2.05, 4.69) is 0 Å². The number of hydrogen-bond donors (Lipinski definition) is 0. The van der Waals surface area contributed by atoms with Crippen molar-refractivity contribution in [3.8, 4) is 11.5 Å². The molecule has 2 atom stereocenters. The highest BCUT2D eigenvalue weighted by molar-refractivity contribution is 5.96. The van der Waals surface area contributed by atoms with E-state index < -0.39 is 0 Å². The number of hydrogen-bond acceptors (Lipinski definition) is 11. The molecular weight excluding hydrogens is 608 g/mol. The Kier molecular flexibility index (Phi) is 11.5. The minimum atomic E-state index is -0.383. The molecule has 2 aliphatic heterocycles. The number of carbonyl (C=O) groups excluding carboxylic acids is 2. The van der Waals surface area contributed by atoms with Crippen molar-refractivity contribution in [2.24, 2.45) is 0 Å². The zero-order valence-corrected chi connectivity index (χ0v) is 26.1. The summed E-state index contributed by atoms with van der Waals surface area (Å²) in [5.41, 5.74) is 0.972. The summed E-state index contributed by atoms with van der Waals surface area (Å²) >= 11 is 0. The lowest BCUT2D eigenvalue weighted by molar-refractivity contribution is 0.0290. The van der Waals surface area contributed by atoms with Gasteiger partial charge in [-0.2, -0.15) is 0 Å². The van der Waals surface area contributed by atoms with Crippen molar-refractivity contribution in [3.05, 3.63) is 83.9 Å². The molecule has 0 aromatic heterocycles. The average molecular weight is 647 g/mol. The molecule has 2 heterocycles. The van der Waals surface area contributed by atoms with E-state index in [0.717, 1.165) is 34.8 Å². The summed E-state index contributed by atoms with van der Waals surface area (Å²) in [6, 6.07) is 22.2. The first-order chi connectivity index (χ1) is 23.1. The maximum atomic E-state index is 12.4. The van der Waals surface area contributed by atoms with Gasteiger partial charge in [-0.3, -0.25) is 0 Å². The van der Waals surface area contributed by atoms with E-state index in [0.29, 0.717) is 75.5 Å². The molecule has 11 heteroatoms. The number of ether oxygens (including phenoxy) is 9. The van der Waals surface area contributed by atoms with Crippen LogP contribution in [0, 0.1) is 0 Å². The van der Waals surface area contributed by atoms with Gasteiger partial charge in [-0.25, -0.2) is 9.59 Å². The monoisotopic (exact) mass is 646 g/mol. The van der Waals surface area contributed by atoms with Gasteiger partial charge in [-0.15, -0.1) is 0 Å². The fraction of sp³-hybridized carbons (Fsp3) is 0.389. The SMILES string of the molecule is O=C(OCCOCC1CO1)c1ccc2cc(OCCOCCOc3ccc4cc(C(=O)OCCOCC5CO5)ccc4c3)ccc2c1. The molecule has 0 amide bonds. The third kappa shape index (κ3) is 10.4. The van der Waals surface area contributed by atoms with Gasteiger partial charge in [0.15, 0.2) is 0 Å². The smallest absolute Gasteiger partial charge is 0.338 e. The Balaban J connectivity index is 0.853. The maximum Gasteiger partial charge on any atom is 0.338 e. The fourth-order valence-corrected chi connectivity index (χ4v) is 4.73. The van der Waals surface area contributed by atoms with Crippen molar-refractivity contribution in [2.75, 3.05) is 79.3 Å². The Hall–Kier alpha value is -4.26. The summed E-state index contributed by atoms with van der Waals surface area (Å²) in [4.78, 5) is 24.7. The van der Waals surface area contributed by atoms with Crippen molar-refractivity contribution in [1.29, 1.82) is 0 Å². The first kappa shape index (κ1) is 32.7. The topological polar surface area (TPSA) is 124 Å². The van der Waals surface area contributed by atoms with Crippen LogP contribution < -0.4 is 9.47 Å². The van der Waals surface area contributed by atoms with Crippen molar-refractivity contribution in [3.63, 3.8) is 0 Å². The second-order valence-electron chi connectivity index (χ2n) is 11.1. The molecule has 2 saturated heterocycles. The highest BCUT2D eigenvalue weighted by atomic mass is 16.6. The van der Waals surface area contributed by atoms with Crippen LogP contribution in [0.5, 0.6) is 11.5 Å². The lowest BCUT2D eigenvalue weighted by Crippen LogP contribution is -2.13. The molecule has 4 aromatic carbocycles. The van der Waals surface area contributed by atoms with E-state index in [1.807, 2.05) is 48.5 Å². The molecule has 2 fully saturated rings. The number of carbonyl (C=O) groups is 2. The lowest BCUT2D eigenvalue weighted by Gasteiger charge is -2.10. The maximum absolute atomic E-state index is 12.4. The number of fused-ring (bicyclic) bond motifs is 2. The van der Waals surface area contributed by atoms with E-state index >= 15 is 0 Å². The summed E-state index contributed by atoms with van der Waals surface area (Å²) in [7, 11) is 0. The van der Waals surface area contributed by atoms with Gasteiger partial charge in [0, 0.05) is 0 Å². The molecule has 0 saturated carbocycles. The fourth-order valence-electron chi connectivity index (χ4n) is 4.73. The molecule has 0 bridgehead atoms. The standard InChI is InChI=1S/C36H38O11/c37-35(44-15-11-40-21-33-23-46-33)29-3-1-27-19-31(7-5-25(27)17-29)42-13-9-39-10-14-43-32-8-6-26-18-30(4-2-28(26)20-32)36(38)45-16-12-41-22-34-24-47-34/h1-8,17-20,33-34H,9-16,21-24H2. The Morgan fingerprint density at radius 2 is 0.915 bits per heavy atom. The predicted molar refractivity (Wildman–Crippen MR) is 171 cm³/mol. The van der Waals surface area contributed by atoms with Gasteiger partial charge >= 0.3 is 11.9 Å². The average Bonchev–Trinajstić information content (AvgIpc) is 4.04. The molecular formula is C36H38O11. The van der Waals surface area contributed by atoms with E-state index in [1.54, 1.807) is 24.3 Å². The third-order valence-corrected chi connectivity index (χ3v) is 7.42. The Morgan fingerprint density at radius 1 is 0.511 bits per heavy atom. The van der Waals surface area contributed by atoms with Gasteiger partial charge in [-0.1, -0.05) is 24.3 Å². The van der Waals surface area contributed by atoms with Gasteiger partial charge in [0.2, 0.25) is 0 Å². The zero-order valence-electron chi connectivity index (χ0n) is 26.1. The van der Waals surface area contributed by atoms with E-state index in [1.165, 1.54) is 0 Å². The minimum absolute atomic E-state index is 0.192. The zero-order chi connectivity index (χ0) is 32.3. The van der Waals surface area contributed by atoms with E-state index in [4.69, 9.17) is 42.6 Å². The first-order valence-corrected chi connectivity index (χ1v) is 15.7. The van der Waals surface area contributed by atoms with Crippen LogP contribution in [0.2, 0.25) is 0 Å². The Morgan fingerprint density at radius 3 is 1.36 bits per heavy atom. The van der Waals surface area contributed by atoms with Crippen LogP contribution >= 0.6 is 0 Å². The summed E-state index contributed by atoms with van der Waals surface area (Å²) in [6.45, 7) is 5.20. The van der Waals surface area contributed by atoms with Crippen LogP contribution in [0.4, 0.5) is 0 Å². The van der Waals surface area contributed by atoms with Crippen molar-refractivity contribution in [1.82, 2.24) is 0 Å². The van der Waals surface area contributed by atoms with Crippen molar-refractivity contribution >= 4 is 33.5 Å². The predicted octanol–water partition coefficient (Wildman–Crippen LogP) is 4.61. The highest BCUT2D eigenvalue weighted by Gasteiger charge is 2.23. The van der Waals surface area contributed by atoms with E-state index in [9.17, 15) is 9.59 Å². The minimum Gasteiger partial charge on any atom is -0.491 e. The molecule has 0 spiro atoms. The van der Waals surface area contributed by atoms with Gasteiger partial charge in [0.25, 0.3) is 0 Å². The number of benzene rings is 4. The van der Waals surface area contributed by atoms with Crippen molar-refractivity contribution in [2.45, 2.75) is 12.2 Å². The molecule has 11 nitrogen and oxygen atoms in total. The number of rotatable bonds is 20. The molecule has 0 radical (unpaired) electrons. The molecule has 47 heavy (non-hydrogen) atoms. The van der Waals surface area contributed by atoms with Crippen LogP contribution in [-0.4, -0.2) is 103 Å². The van der Waals surface area contributed by atoms with Crippen LogP contribution in [0.25, 0.3) is 21.5 Å². The summed E-state index contributed by atoms with van der Waals surface area (Å²) in [5.74, 6) is 0.660. The van der Waals surface area contributed by atoms with Crippen LogP contribution in [0.1, 0.15) is 20.7 Å². The quantitative estimate of drug-likeness (QED) is 0.0760. The summed E-state index contributed by atoms with van der Waals surface area (Å²) in [6.07, 6.45) is 0.385. The number of esters is 2. The molecule has 0 aliphatic carbocycles. The van der Waals surface area contributed by atoms with Crippen molar-refractivity contribution < 1.29 is 52.2 Å². The Bertz CT molecular complexity index is 1530. The highest BCUT2D eigenvalue weighted by Crippen LogP contribution is 2.24. The molecule has 2 unspecified atom stereocenters. The molecule has 2 aliphatic rings. The molecule has 6 rings (SSSR count). The van der Waals surface area contributed by atoms with Gasteiger partial charge in [-0.05, 0) is 70.1 Å². The number of epoxide rings is 2. The van der Waals surface area contributed by atoms with Crippen LogP contribution in [-0.2, 0) is 33.2 Å². The van der Waals surface area contributed by atoms with Gasteiger partial charge in [0.05, 0.1) is 64.0 Å². The normalized spacial score (nSPS) is 16.6. The second-order valence-corrected chi connectivity index (χ2v) is 11.1. The molecule has 248 valence electrons. The largest absolute Gasteiger partial charge is 0.491 e. The first-order valence-electron chi connectivity index (χ1n) is 15.7. The third-order valence-electron chi connectivity index (χ3n) is 7.42. The van der Waals surface area contributed by atoms with Crippen LogP contribution in [0.3, 0.4) is 0 Å². The molecule has 4 aromatic rings. The van der Waals surface area contributed by atoms with Crippen LogP contribution in [0.15, 0.2) is 72.8 Å². The second kappa shape index (κ2) is 16.5. The lowest BCUT2D eigenvalue weighted by atomic mass is 10.1.